The molecule has 1 fully saturated rings. The predicted molar refractivity (Wildman–Crippen MR) is 65.8 cm³/mol. The zero-order valence-electron chi connectivity index (χ0n) is 9.61. The molecule has 2 rings (SSSR count). The molecule has 4 atom stereocenters. The van der Waals surface area contributed by atoms with Gasteiger partial charge < -0.3 is 14.9 Å². The molecule has 0 spiro atoms. The molecule has 8 heteroatoms. The number of aromatic nitrogens is 2. The highest BCUT2D eigenvalue weighted by Crippen LogP contribution is 2.31. The van der Waals surface area contributed by atoms with Crippen molar-refractivity contribution in [2.75, 3.05) is 6.61 Å². The van der Waals surface area contributed by atoms with Crippen molar-refractivity contribution in [2.24, 2.45) is 0 Å². The van der Waals surface area contributed by atoms with E-state index in [1.165, 1.54) is 6.20 Å². The summed E-state index contributed by atoms with van der Waals surface area (Å²) < 4.78 is 6.52. The third-order valence-corrected chi connectivity index (χ3v) is 3.50. The summed E-state index contributed by atoms with van der Waals surface area (Å²) in [7, 11) is 0. The Hall–Kier alpha value is -1.09. The van der Waals surface area contributed by atoms with E-state index in [9.17, 15) is 14.7 Å². The van der Waals surface area contributed by atoms with Gasteiger partial charge in [0.15, 0.2) is 6.23 Å². The van der Waals surface area contributed by atoms with Gasteiger partial charge in [0.2, 0.25) is 0 Å². The first kappa shape index (κ1) is 13.3. The standard InChI is InChI=1S/C10H14N2O5S/c1-4-2-12(10(16)11-8(4)15)9-7(18)6(14)5(3-13)17-9/h2,5-7,9,13-14,18H,3H2,1H3,(H,11,15,16)/t5-,6-,7?,9-/m1/s1. The summed E-state index contributed by atoms with van der Waals surface area (Å²) in [6, 6.07) is 0. The van der Waals surface area contributed by atoms with Gasteiger partial charge in [-0.15, -0.1) is 0 Å². The molecule has 0 saturated carbocycles. The molecule has 100 valence electrons. The molecule has 1 aromatic rings. The van der Waals surface area contributed by atoms with Crippen LogP contribution in [0.25, 0.3) is 0 Å². The van der Waals surface area contributed by atoms with Gasteiger partial charge >= 0.3 is 5.69 Å². The van der Waals surface area contributed by atoms with Crippen LogP contribution in [0.3, 0.4) is 0 Å². The lowest BCUT2D eigenvalue weighted by atomic mass is 10.2. The fourth-order valence-electron chi connectivity index (χ4n) is 1.88. The number of nitrogens with one attached hydrogen (secondary N) is 1. The summed E-state index contributed by atoms with van der Waals surface area (Å²) in [5.41, 5.74) is -0.759. The lowest BCUT2D eigenvalue weighted by Gasteiger charge is -2.17. The molecule has 7 nitrogen and oxygen atoms in total. The van der Waals surface area contributed by atoms with Crippen molar-refractivity contribution >= 4 is 12.6 Å². The fourth-order valence-corrected chi connectivity index (χ4v) is 2.29. The summed E-state index contributed by atoms with van der Waals surface area (Å²) >= 11 is 4.18. The van der Waals surface area contributed by atoms with Crippen LogP contribution in [-0.4, -0.2) is 43.8 Å². The maximum Gasteiger partial charge on any atom is 0.330 e. The predicted octanol–water partition coefficient (Wildman–Crippen LogP) is -1.61. The minimum absolute atomic E-state index is 0.348. The molecule has 0 bridgehead atoms. The first-order chi connectivity index (χ1) is 8.45. The number of aliphatic hydroxyl groups is 2. The molecule has 1 aromatic heterocycles. The number of H-pyrrole nitrogens is 1. The topological polar surface area (TPSA) is 105 Å². The molecule has 1 saturated heterocycles. The maximum atomic E-state index is 11.7. The van der Waals surface area contributed by atoms with Gasteiger partial charge in [-0.3, -0.25) is 14.3 Å². The summed E-state index contributed by atoms with van der Waals surface area (Å²) in [6.07, 6.45) is -1.26. The number of hydrogen-bond donors (Lipinski definition) is 4. The number of hydrogen-bond acceptors (Lipinski definition) is 6. The van der Waals surface area contributed by atoms with Crippen molar-refractivity contribution in [1.29, 1.82) is 0 Å². The first-order valence-electron chi connectivity index (χ1n) is 5.40. The molecule has 1 unspecified atom stereocenters. The van der Waals surface area contributed by atoms with Crippen molar-refractivity contribution in [2.45, 2.75) is 30.6 Å². The van der Waals surface area contributed by atoms with Crippen molar-refractivity contribution in [1.82, 2.24) is 9.55 Å². The zero-order valence-corrected chi connectivity index (χ0v) is 10.5. The summed E-state index contributed by atoms with van der Waals surface area (Å²) in [6.45, 7) is 1.18. The van der Waals surface area contributed by atoms with E-state index in [-0.39, 0.29) is 6.61 Å². The normalized spacial score (nSPS) is 31.8. The van der Waals surface area contributed by atoms with E-state index in [4.69, 9.17) is 9.84 Å². The van der Waals surface area contributed by atoms with Crippen LogP contribution in [0.15, 0.2) is 15.8 Å². The number of aromatic amines is 1. The molecule has 1 aliphatic heterocycles. The lowest BCUT2D eigenvalue weighted by Crippen LogP contribution is -2.36. The minimum atomic E-state index is -0.984. The molecule has 0 radical (unpaired) electrons. The largest absolute Gasteiger partial charge is 0.394 e. The van der Waals surface area contributed by atoms with Crippen molar-refractivity contribution in [3.05, 3.63) is 32.6 Å². The third-order valence-electron chi connectivity index (χ3n) is 2.94. The average Bonchev–Trinajstić information content (AvgIpc) is 2.61. The van der Waals surface area contributed by atoms with Gasteiger partial charge in [0, 0.05) is 11.8 Å². The Morgan fingerprint density at radius 2 is 2.22 bits per heavy atom. The Morgan fingerprint density at radius 3 is 2.78 bits per heavy atom. The minimum Gasteiger partial charge on any atom is -0.394 e. The lowest BCUT2D eigenvalue weighted by molar-refractivity contribution is -0.0457. The summed E-state index contributed by atoms with van der Waals surface area (Å²) in [4.78, 5) is 25.1. The van der Waals surface area contributed by atoms with Crippen LogP contribution in [0.2, 0.25) is 0 Å². The number of rotatable bonds is 2. The van der Waals surface area contributed by atoms with Gasteiger partial charge in [0.25, 0.3) is 5.56 Å². The smallest absolute Gasteiger partial charge is 0.330 e. The second-order valence-corrected chi connectivity index (χ2v) is 4.80. The zero-order chi connectivity index (χ0) is 13.4. The molecule has 3 N–H and O–H groups in total. The quantitative estimate of drug-likeness (QED) is 0.486. The second kappa shape index (κ2) is 4.88. The Kier molecular flexibility index (Phi) is 3.62. The molecule has 1 aliphatic rings. The molecule has 0 aliphatic carbocycles. The van der Waals surface area contributed by atoms with E-state index in [1.54, 1.807) is 6.92 Å². The van der Waals surface area contributed by atoms with E-state index >= 15 is 0 Å². The Labute approximate surface area is 107 Å². The van der Waals surface area contributed by atoms with Gasteiger partial charge in [-0.05, 0) is 6.92 Å². The van der Waals surface area contributed by atoms with E-state index in [1.807, 2.05) is 0 Å². The Bertz CT molecular complexity index is 554. The van der Waals surface area contributed by atoms with E-state index in [2.05, 4.69) is 17.6 Å². The van der Waals surface area contributed by atoms with Gasteiger partial charge in [-0.2, -0.15) is 12.6 Å². The van der Waals surface area contributed by atoms with Crippen LogP contribution in [0.1, 0.15) is 11.8 Å². The number of ether oxygens (including phenoxy) is 1. The molecule has 0 aromatic carbocycles. The Balaban J connectivity index is 2.42. The van der Waals surface area contributed by atoms with E-state index in [0.717, 1.165) is 4.57 Å². The second-order valence-electron chi connectivity index (χ2n) is 4.21. The highest BCUT2D eigenvalue weighted by Gasteiger charge is 2.42. The Morgan fingerprint density at radius 1 is 1.56 bits per heavy atom. The number of aryl methyl sites for hydroxylation is 1. The highest BCUT2D eigenvalue weighted by atomic mass is 32.1. The number of nitrogens with zero attached hydrogens (tertiary/aromatic N) is 1. The van der Waals surface area contributed by atoms with Gasteiger partial charge in [-0.1, -0.05) is 0 Å². The first-order valence-corrected chi connectivity index (χ1v) is 5.92. The average molecular weight is 274 g/mol. The van der Waals surface area contributed by atoms with Crippen molar-refractivity contribution < 1.29 is 14.9 Å². The van der Waals surface area contributed by atoms with E-state index in [0.29, 0.717) is 5.56 Å². The number of aliphatic hydroxyl groups excluding tert-OH is 2. The van der Waals surface area contributed by atoms with Gasteiger partial charge in [-0.25, -0.2) is 4.79 Å². The van der Waals surface area contributed by atoms with E-state index < -0.39 is 34.9 Å². The van der Waals surface area contributed by atoms with Gasteiger partial charge in [0.1, 0.15) is 6.10 Å². The SMILES string of the molecule is Cc1cn([C@@H]2O[C@H](CO)[C@@H](O)C2S)c(=O)[nH]c1=O. The molecular formula is C10H14N2O5S. The number of thiol groups is 1. The van der Waals surface area contributed by atoms with Crippen LogP contribution in [0.5, 0.6) is 0 Å². The van der Waals surface area contributed by atoms with Crippen molar-refractivity contribution in [3.63, 3.8) is 0 Å². The summed E-state index contributed by atoms with van der Waals surface area (Å²) in [5, 5.41) is 18.1. The molecule has 18 heavy (non-hydrogen) atoms. The molecule has 0 amide bonds. The van der Waals surface area contributed by atoms with Crippen LogP contribution in [-0.2, 0) is 4.74 Å². The van der Waals surface area contributed by atoms with Crippen LogP contribution in [0.4, 0.5) is 0 Å². The molecule has 2 heterocycles. The fraction of sp³-hybridized carbons (Fsp3) is 0.600. The third kappa shape index (κ3) is 2.12. The summed E-state index contributed by atoms with van der Waals surface area (Å²) in [5.74, 6) is 0. The van der Waals surface area contributed by atoms with Crippen molar-refractivity contribution in [3.8, 4) is 0 Å². The van der Waals surface area contributed by atoms with Crippen LogP contribution >= 0.6 is 12.6 Å². The molecular weight excluding hydrogens is 260 g/mol. The monoisotopic (exact) mass is 274 g/mol. The maximum absolute atomic E-state index is 11.7. The van der Waals surface area contributed by atoms with Crippen LogP contribution in [0, 0.1) is 6.92 Å². The highest BCUT2D eigenvalue weighted by molar-refractivity contribution is 7.81. The van der Waals surface area contributed by atoms with Crippen LogP contribution < -0.4 is 11.2 Å². The van der Waals surface area contributed by atoms with Gasteiger partial charge in [0.05, 0.1) is 18.0 Å².